The van der Waals surface area contributed by atoms with Gasteiger partial charge in [-0.3, -0.25) is 0 Å². The topological polar surface area (TPSA) is 63.4 Å². The first-order valence-corrected chi connectivity index (χ1v) is 7.38. The van der Waals surface area contributed by atoms with Crippen LogP contribution in [-0.2, 0) is 10.0 Å². The van der Waals surface area contributed by atoms with Gasteiger partial charge in [-0.25, -0.2) is 12.8 Å². The molecule has 116 valence electrons. The lowest BCUT2D eigenvalue weighted by Gasteiger charge is -2.26. The highest BCUT2D eigenvalue weighted by Crippen LogP contribution is 2.31. The van der Waals surface area contributed by atoms with E-state index < -0.39 is 34.0 Å². The number of sulfonamides is 1. The molecule has 0 spiro atoms. The van der Waals surface area contributed by atoms with Crippen molar-refractivity contribution in [1.29, 1.82) is 0 Å². The van der Waals surface area contributed by atoms with E-state index in [1.807, 2.05) is 0 Å². The minimum absolute atomic E-state index is 0.245. The third-order valence-corrected chi connectivity index (χ3v) is 5.00. The Morgan fingerprint density at radius 3 is 2.38 bits per heavy atom. The van der Waals surface area contributed by atoms with E-state index in [0.29, 0.717) is 0 Å². The Balaban J connectivity index is 2.26. The number of halogens is 4. The zero-order chi connectivity index (χ0) is 15.8. The smallest absolute Gasteiger partial charge is 0.396 e. The fourth-order valence-electron chi connectivity index (χ4n) is 1.96. The maximum Gasteiger partial charge on any atom is 0.412 e. The summed E-state index contributed by atoms with van der Waals surface area (Å²) in [5, 5.41) is 0. The van der Waals surface area contributed by atoms with Crippen LogP contribution < -0.4 is 5.73 Å². The Labute approximate surface area is 118 Å². The first kappa shape index (κ1) is 15.8. The van der Waals surface area contributed by atoms with Crippen LogP contribution >= 0.6 is 0 Å². The number of nitrogen functional groups attached to an aromatic ring is 1. The van der Waals surface area contributed by atoms with E-state index in [1.54, 1.807) is 0 Å². The highest BCUT2D eigenvalue weighted by molar-refractivity contribution is 7.89. The summed E-state index contributed by atoms with van der Waals surface area (Å²) in [6.45, 7) is -0.667. The molecule has 1 aliphatic heterocycles. The largest absolute Gasteiger partial charge is 0.412 e. The number of hydrogen-bond donors (Lipinski definition) is 1. The Bertz CT molecular complexity index is 683. The lowest BCUT2D eigenvalue weighted by molar-refractivity contribution is -0.0953. The summed E-state index contributed by atoms with van der Waals surface area (Å²) in [5.41, 5.74) is 4.23. The van der Waals surface area contributed by atoms with Gasteiger partial charge in [0.25, 0.3) is 0 Å². The Hall–Kier alpha value is -1.61. The van der Waals surface area contributed by atoms with Crippen molar-refractivity contribution in [1.82, 2.24) is 4.31 Å². The average Bonchev–Trinajstić information content (AvgIpc) is 2.41. The monoisotopic (exact) mass is 324 g/mol. The number of rotatable bonds is 2. The molecule has 0 amide bonds. The third-order valence-electron chi connectivity index (χ3n) is 3.14. The molecule has 0 saturated carbocycles. The second-order valence-corrected chi connectivity index (χ2v) is 6.46. The van der Waals surface area contributed by atoms with E-state index in [1.165, 1.54) is 0 Å². The van der Waals surface area contributed by atoms with Crippen LogP contribution in [0.1, 0.15) is 6.42 Å². The number of nitrogens with two attached hydrogens (primary N) is 1. The van der Waals surface area contributed by atoms with Crippen molar-refractivity contribution in [3.8, 4) is 0 Å². The SMILES string of the molecule is Nc1cc(S(=O)(=O)N2CC=C(C(F)(F)F)CC2)ccc1F. The molecule has 0 unspecified atom stereocenters. The van der Waals surface area contributed by atoms with Gasteiger partial charge in [0.05, 0.1) is 10.6 Å². The molecule has 1 aromatic rings. The van der Waals surface area contributed by atoms with Gasteiger partial charge < -0.3 is 5.73 Å². The Morgan fingerprint density at radius 1 is 1.24 bits per heavy atom. The van der Waals surface area contributed by atoms with Crippen molar-refractivity contribution < 1.29 is 26.0 Å². The van der Waals surface area contributed by atoms with Crippen molar-refractivity contribution in [2.45, 2.75) is 17.5 Å². The third kappa shape index (κ3) is 3.18. The number of hydrogen-bond acceptors (Lipinski definition) is 3. The van der Waals surface area contributed by atoms with E-state index in [9.17, 15) is 26.0 Å². The summed E-state index contributed by atoms with van der Waals surface area (Å²) in [5.74, 6) is -0.758. The molecule has 4 nitrogen and oxygen atoms in total. The summed E-state index contributed by atoms with van der Waals surface area (Å²) in [7, 11) is -4.00. The zero-order valence-corrected chi connectivity index (χ0v) is 11.5. The van der Waals surface area contributed by atoms with Gasteiger partial charge in [0.2, 0.25) is 10.0 Å². The normalized spacial score (nSPS) is 17.6. The zero-order valence-electron chi connectivity index (χ0n) is 10.7. The Kier molecular flexibility index (Phi) is 3.98. The highest BCUT2D eigenvalue weighted by atomic mass is 32.2. The fraction of sp³-hybridized carbons (Fsp3) is 0.333. The van der Waals surface area contributed by atoms with Crippen LogP contribution in [0.2, 0.25) is 0 Å². The molecular weight excluding hydrogens is 312 g/mol. The van der Waals surface area contributed by atoms with Crippen LogP contribution in [0, 0.1) is 5.82 Å². The minimum Gasteiger partial charge on any atom is -0.396 e. The van der Waals surface area contributed by atoms with Crippen LogP contribution in [0.25, 0.3) is 0 Å². The summed E-state index contributed by atoms with van der Waals surface area (Å²) < 4.78 is 75.9. The van der Waals surface area contributed by atoms with Gasteiger partial charge in [-0.15, -0.1) is 0 Å². The number of anilines is 1. The molecule has 0 atom stereocenters. The predicted octanol–water partition coefficient (Wildman–Crippen LogP) is 2.29. The first-order chi connectivity index (χ1) is 9.62. The Morgan fingerprint density at radius 2 is 1.90 bits per heavy atom. The fourth-order valence-corrected chi connectivity index (χ4v) is 3.37. The molecular formula is C12H12F4N2O2S. The van der Waals surface area contributed by atoms with Crippen molar-refractivity contribution in [2.75, 3.05) is 18.8 Å². The van der Waals surface area contributed by atoms with Gasteiger partial charge in [0.15, 0.2) is 0 Å². The van der Waals surface area contributed by atoms with Gasteiger partial charge in [0.1, 0.15) is 5.82 Å². The molecule has 1 aromatic carbocycles. The molecule has 0 aliphatic carbocycles. The molecule has 0 fully saturated rings. The second kappa shape index (κ2) is 5.30. The average molecular weight is 324 g/mol. The van der Waals surface area contributed by atoms with Crippen LogP contribution in [0.15, 0.2) is 34.7 Å². The van der Waals surface area contributed by atoms with Crippen LogP contribution in [0.3, 0.4) is 0 Å². The molecule has 1 heterocycles. The van der Waals surface area contributed by atoms with Crippen molar-refractivity contribution in [3.05, 3.63) is 35.7 Å². The van der Waals surface area contributed by atoms with Crippen molar-refractivity contribution in [3.63, 3.8) is 0 Å². The van der Waals surface area contributed by atoms with E-state index >= 15 is 0 Å². The van der Waals surface area contributed by atoms with E-state index in [0.717, 1.165) is 28.6 Å². The standard InChI is InChI=1S/C12H12F4N2O2S/c13-10-2-1-9(7-11(10)17)21(19,20)18-5-3-8(4-6-18)12(14,15)16/h1-3,7H,4-6,17H2. The molecule has 0 aromatic heterocycles. The summed E-state index contributed by atoms with van der Waals surface area (Å²) >= 11 is 0. The quantitative estimate of drug-likeness (QED) is 0.516. The van der Waals surface area contributed by atoms with Gasteiger partial charge in [-0.1, -0.05) is 6.08 Å². The molecule has 0 bridgehead atoms. The molecule has 2 N–H and O–H groups in total. The maximum absolute atomic E-state index is 13.0. The van der Waals surface area contributed by atoms with Gasteiger partial charge in [-0.05, 0) is 24.6 Å². The first-order valence-electron chi connectivity index (χ1n) is 5.94. The van der Waals surface area contributed by atoms with Crippen LogP contribution in [0.5, 0.6) is 0 Å². The van der Waals surface area contributed by atoms with Gasteiger partial charge >= 0.3 is 6.18 Å². The van der Waals surface area contributed by atoms with E-state index in [4.69, 9.17) is 5.73 Å². The lowest BCUT2D eigenvalue weighted by Crippen LogP contribution is -2.36. The number of nitrogens with zero attached hydrogens (tertiary/aromatic N) is 1. The maximum atomic E-state index is 13.0. The van der Waals surface area contributed by atoms with Crippen LogP contribution in [0.4, 0.5) is 23.2 Å². The molecule has 1 aliphatic rings. The number of benzene rings is 1. The van der Waals surface area contributed by atoms with Crippen molar-refractivity contribution >= 4 is 15.7 Å². The van der Waals surface area contributed by atoms with E-state index in [-0.39, 0.29) is 23.7 Å². The number of alkyl halides is 3. The summed E-state index contributed by atoms with van der Waals surface area (Å²) in [4.78, 5) is -0.245. The highest BCUT2D eigenvalue weighted by Gasteiger charge is 2.37. The van der Waals surface area contributed by atoms with E-state index in [2.05, 4.69) is 0 Å². The molecule has 9 heteroatoms. The van der Waals surface area contributed by atoms with Crippen LogP contribution in [-0.4, -0.2) is 32.0 Å². The summed E-state index contributed by atoms with van der Waals surface area (Å²) in [6, 6.07) is 2.89. The molecule has 2 rings (SSSR count). The predicted molar refractivity (Wildman–Crippen MR) is 68.3 cm³/mol. The lowest BCUT2D eigenvalue weighted by atomic mass is 10.1. The van der Waals surface area contributed by atoms with Crippen molar-refractivity contribution in [2.24, 2.45) is 0 Å². The minimum atomic E-state index is -4.45. The molecule has 21 heavy (non-hydrogen) atoms. The van der Waals surface area contributed by atoms with Gasteiger partial charge in [-0.2, -0.15) is 17.5 Å². The second-order valence-electron chi connectivity index (χ2n) is 4.52. The molecule has 0 radical (unpaired) electrons. The van der Waals surface area contributed by atoms with Gasteiger partial charge in [0, 0.05) is 18.7 Å². The molecule has 0 saturated heterocycles. The summed E-state index contributed by atoms with van der Waals surface area (Å²) in [6.07, 6.45) is -4.02.